The Hall–Kier alpha value is -1.13. The van der Waals surface area contributed by atoms with E-state index in [0.29, 0.717) is 10.3 Å². The lowest BCUT2D eigenvalue weighted by atomic mass is 10.3. The first-order valence-electron chi connectivity index (χ1n) is 4.43. The predicted molar refractivity (Wildman–Crippen MR) is 68.3 cm³/mol. The van der Waals surface area contributed by atoms with Crippen LogP contribution in [-0.2, 0) is 0 Å². The van der Waals surface area contributed by atoms with Gasteiger partial charge in [-0.25, -0.2) is 4.98 Å². The second-order valence-electron chi connectivity index (χ2n) is 2.99. The Morgan fingerprint density at radius 1 is 1.73 bits per heavy atom. The van der Waals surface area contributed by atoms with E-state index in [9.17, 15) is 0 Å². The molecule has 0 aliphatic rings. The molecule has 80 valence electrons. The molecule has 3 nitrogen and oxygen atoms in total. The smallest absolute Gasteiger partial charge is 0.171 e. The molecule has 0 aliphatic heterocycles. The number of anilines is 1. The summed E-state index contributed by atoms with van der Waals surface area (Å²) in [6, 6.07) is 3.62. The first-order chi connectivity index (χ1) is 7.11. The first-order valence-corrected chi connectivity index (χ1v) is 5.22. The zero-order chi connectivity index (χ0) is 11.3. The number of rotatable bonds is 3. The SMILES string of the molecule is C=C[C@H](C)NC(=S)Nc1ccnc(Cl)c1. The van der Waals surface area contributed by atoms with Gasteiger partial charge in [-0.1, -0.05) is 17.7 Å². The minimum absolute atomic E-state index is 0.127. The van der Waals surface area contributed by atoms with E-state index >= 15 is 0 Å². The van der Waals surface area contributed by atoms with Gasteiger partial charge >= 0.3 is 0 Å². The van der Waals surface area contributed by atoms with Crippen molar-refractivity contribution in [1.29, 1.82) is 0 Å². The van der Waals surface area contributed by atoms with Crippen molar-refractivity contribution in [1.82, 2.24) is 10.3 Å². The van der Waals surface area contributed by atoms with Crippen molar-refractivity contribution in [3.8, 4) is 0 Å². The van der Waals surface area contributed by atoms with Gasteiger partial charge < -0.3 is 10.6 Å². The molecule has 0 unspecified atom stereocenters. The molecule has 0 bridgehead atoms. The van der Waals surface area contributed by atoms with Crippen molar-refractivity contribution >= 4 is 34.6 Å². The van der Waals surface area contributed by atoms with Crippen LogP contribution in [0.2, 0.25) is 5.15 Å². The van der Waals surface area contributed by atoms with Crippen LogP contribution in [0.15, 0.2) is 31.0 Å². The Kier molecular flexibility index (Phi) is 4.52. The maximum absolute atomic E-state index is 5.73. The highest BCUT2D eigenvalue weighted by atomic mass is 35.5. The Bertz CT molecular complexity index is 367. The van der Waals surface area contributed by atoms with Gasteiger partial charge in [-0.3, -0.25) is 0 Å². The van der Waals surface area contributed by atoms with Gasteiger partial charge in [0, 0.05) is 17.9 Å². The van der Waals surface area contributed by atoms with E-state index in [-0.39, 0.29) is 6.04 Å². The Balaban J connectivity index is 2.55. The van der Waals surface area contributed by atoms with Crippen LogP contribution in [0.1, 0.15) is 6.92 Å². The third-order valence-corrected chi connectivity index (χ3v) is 2.12. The molecular formula is C10H12ClN3S. The number of nitrogens with zero attached hydrogens (tertiary/aromatic N) is 1. The van der Waals surface area contributed by atoms with Gasteiger partial charge in [-0.2, -0.15) is 0 Å². The summed E-state index contributed by atoms with van der Waals surface area (Å²) in [4.78, 5) is 3.87. The van der Waals surface area contributed by atoms with Gasteiger partial charge in [0.2, 0.25) is 0 Å². The van der Waals surface area contributed by atoms with E-state index in [4.69, 9.17) is 23.8 Å². The molecule has 2 N–H and O–H groups in total. The highest BCUT2D eigenvalue weighted by Gasteiger charge is 2.00. The molecule has 1 aromatic rings. The number of nitrogens with one attached hydrogen (secondary N) is 2. The van der Waals surface area contributed by atoms with Crippen LogP contribution in [-0.4, -0.2) is 16.1 Å². The molecule has 15 heavy (non-hydrogen) atoms. The Labute approximate surface area is 99.5 Å². The Morgan fingerprint density at radius 3 is 3.07 bits per heavy atom. The molecule has 0 saturated carbocycles. The molecule has 0 saturated heterocycles. The minimum Gasteiger partial charge on any atom is -0.357 e. The zero-order valence-corrected chi connectivity index (χ0v) is 9.90. The number of hydrogen-bond acceptors (Lipinski definition) is 2. The van der Waals surface area contributed by atoms with Crippen molar-refractivity contribution in [2.45, 2.75) is 13.0 Å². The summed E-state index contributed by atoms with van der Waals surface area (Å²) in [5.74, 6) is 0. The van der Waals surface area contributed by atoms with Crippen LogP contribution in [0.5, 0.6) is 0 Å². The van der Waals surface area contributed by atoms with Crippen LogP contribution in [0.3, 0.4) is 0 Å². The quantitative estimate of drug-likeness (QED) is 0.485. The van der Waals surface area contributed by atoms with Gasteiger partial charge in [-0.15, -0.1) is 6.58 Å². The molecule has 0 aromatic carbocycles. The van der Waals surface area contributed by atoms with E-state index in [0.717, 1.165) is 5.69 Å². The summed E-state index contributed by atoms with van der Waals surface area (Å²) in [6.45, 7) is 5.61. The van der Waals surface area contributed by atoms with Crippen LogP contribution < -0.4 is 10.6 Å². The lowest BCUT2D eigenvalue weighted by Crippen LogP contribution is -2.34. The fourth-order valence-electron chi connectivity index (χ4n) is 0.913. The number of pyridine rings is 1. The fourth-order valence-corrected chi connectivity index (χ4v) is 1.39. The van der Waals surface area contributed by atoms with Crippen LogP contribution in [0, 0.1) is 0 Å². The summed E-state index contributed by atoms with van der Waals surface area (Å²) in [5, 5.41) is 6.99. The summed E-state index contributed by atoms with van der Waals surface area (Å²) >= 11 is 10.8. The molecule has 1 heterocycles. The van der Waals surface area contributed by atoms with Crippen molar-refractivity contribution < 1.29 is 0 Å². The van der Waals surface area contributed by atoms with Crippen molar-refractivity contribution in [3.05, 3.63) is 36.1 Å². The molecule has 0 fully saturated rings. The molecule has 0 radical (unpaired) electrons. The van der Waals surface area contributed by atoms with E-state index in [1.807, 2.05) is 6.92 Å². The highest BCUT2D eigenvalue weighted by Crippen LogP contribution is 2.11. The lowest BCUT2D eigenvalue weighted by molar-refractivity contribution is 0.815. The largest absolute Gasteiger partial charge is 0.357 e. The summed E-state index contributed by atoms with van der Waals surface area (Å²) in [6.07, 6.45) is 3.39. The topological polar surface area (TPSA) is 37.0 Å². The monoisotopic (exact) mass is 241 g/mol. The van der Waals surface area contributed by atoms with Gasteiger partial charge in [0.1, 0.15) is 5.15 Å². The van der Waals surface area contributed by atoms with Crippen molar-refractivity contribution in [2.75, 3.05) is 5.32 Å². The maximum atomic E-state index is 5.73. The molecule has 0 aliphatic carbocycles. The van der Waals surface area contributed by atoms with E-state index in [1.165, 1.54) is 0 Å². The number of aromatic nitrogens is 1. The molecule has 0 spiro atoms. The fraction of sp³-hybridized carbons (Fsp3) is 0.200. The van der Waals surface area contributed by atoms with Gasteiger partial charge in [0.15, 0.2) is 5.11 Å². The van der Waals surface area contributed by atoms with E-state index in [2.05, 4.69) is 22.2 Å². The van der Waals surface area contributed by atoms with E-state index in [1.54, 1.807) is 24.4 Å². The van der Waals surface area contributed by atoms with E-state index < -0.39 is 0 Å². The molecule has 0 amide bonds. The molecular weight excluding hydrogens is 230 g/mol. The normalized spacial score (nSPS) is 11.6. The first kappa shape index (κ1) is 11.9. The van der Waals surface area contributed by atoms with Crippen LogP contribution in [0.25, 0.3) is 0 Å². The number of hydrogen-bond donors (Lipinski definition) is 2. The van der Waals surface area contributed by atoms with Crippen molar-refractivity contribution in [2.24, 2.45) is 0 Å². The van der Waals surface area contributed by atoms with Gasteiger partial charge in [0.25, 0.3) is 0 Å². The Morgan fingerprint density at radius 2 is 2.47 bits per heavy atom. The third-order valence-electron chi connectivity index (χ3n) is 1.70. The highest BCUT2D eigenvalue weighted by molar-refractivity contribution is 7.80. The standard InChI is InChI=1S/C10H12ClN3S/c1-3-7(2)13-10(15)14-8-4-5-12-9(11)6-8/h3-7H,1H2,2H3,(H2,12,13,14,15)/t7-/m0/s1. The predicted octanol–water partition coefficient (Wildman–Crippen LogP) is 2.60. The van der Waals surface area contributed by atoms with Crippen LogP contribution >= 0.6 is 23.8 Å². The summed E-state index contributed by atoms with van der Waals surface area (Å²) < 4.78 is 0. The van der Waals surface area contributed by atoms with Crippen molar-refractivity contribution in [3.63, 3.8) is 0 Å². The van der Waals surface area contributed by atoms with Gasteiger partial charge in [0.05, 0.1) is 0 Å². The third kappa shape index (κ3) is 4.27. The second-order valence-corrected chi connectivity index (χ2v) is 3.79. The zero-order valence-electron chi connectivity index (χ0n) is 8.33. The maximum Gasteiger partial charge on any atom is 0.171 e. The summed E-state index contributed by atoms with van der Waals surface area (Å²) in [5.41, 5.74) is 0.809. The molecule has 1 aromatic heterocycles. The number of thiocarbonyl (C=S) groups is 1. The summed E-state index contributed by atoms with van der Waals surface area (Å²) in [7, 11) is 0. The molecule has 5 heteroatoms. The minimum atomic E-state index is 0.127. The van der Waals surface area contributed by atoms with Gasteiger partial charge in [-0.05, 0) is 31.3 Å². The number of halogens is 1. The van der Waals surface area contributed by atoms with Crippen LogP contribution in [0.4, 0.5) is 5.69 Å². The average molecular weight is 242 g/mol. The molecule has 1 atom stereocenters. The lowest BCUT2D eigenvalue weighted by Gasteiger charge is -2.13. The average Bonchev–Trinajstić information content (AvgIpc) is 2.17. The second kappa shape index (κ2) is 5.68. The molecule has 1 rings (SSSR count).